The number of halogens is 2. The molecule has 0 amide bonds. The molecule has 0 aliphatic carbocycles. The van der Waals surface area contributed by atoms with E-state index in [1.165, 1.54) is 0 Å². The predicted octanol–water partition coefficient (Wildman–Crippen LogP) is 4.01. The van der Waals surface area contributed by atoms with Crippen LogP contribution in [0.15, 0.2) is 12.1 Å². The van der Waals surface area contributed by atoms with Crippen LogP contribution in [0.1, 0.15) is 19.3 Å². The van der Waals surface area contributed by atoms with Gasteiger partial charge in [0.05, 0.1) is 20.7 Å². The molecule has 1 aliphatic rings. The van der Waals surface area contributed by atoms with Gasteiger partial charge in [-0.25, -0.2) is 4.39 Å². The van der Waals surface area contributed by atoms with Gasteiger partial charge in [-0.05, 0) is 60.1 Å². The highest BCUT2D eigenvalue weighted by atomic mass is 127. The van der Waals surface area contributed by atoms with Gasteiger partial charge in [0.15, 0.2) is 4.77 Å². The number of aromatic amines is 1. The maximum absolute atomic E-state index is 13.7. The molecule has 1 fully saturated rings. The van der Waals surface area contributed by atoms with Crippen molar-refractivity contribution in [3.63, 3.8) is 0 Å². The minimum absolute atomic E-state index is 0.201. The summed E-state index contributed by atoms with van der Waals surface area (Å²) in [5, 5.41) is 0. The number of rotatable bonds is 3. The molecule has 1 aliphatic heterocycles. The monoisotopic (exact) mass is 392 g/mol. The van der Waals surface area contributed by atoms with Crippen LogP contribution in [-0.4, -0.2) is 22.3 Å². The van der Waals surface area contributed by atoms with E-state index >= 15 is 0 Å². The molecular weight excluding hydrogens is 378 g/mol. The summed E-state index contributed by atoms with van der Waals surface area (Å²) in [5.41, 5.74) is 1.73. The van der Waals surface area contributed by atoms with E-state index in [-0.39, 0.29) is 5.82 Å². The third kappa shape index (κ3) is 2.71. The van der Waals surface area contributed by atoms with Crippen molar-refractivity contribution < 1.29 is 9.13 Å². The van der Waals surface area contributed by atoms with Crippen LogP contribution in [0.25, 0.3) is 11.0 Å². The van der Waals surface area contributed by atoms with Crippen LogP contribution in [0.3, 0.4) is 0 Å². The van der Waals surface area contributed by atoms with Crippen LogP contribution >= 0.6 is 34.8 Å². The molecular formula is C13H14FIN2OS. The molecule has 1 aromatic carbocycles. The first kappa shape index (κ1) is 13.5. The summed E-state index contributed by atoms with van der Waals surface area (Å²) in [6, 6.07) is 3.35. The molecule has 19 heavy (non-hydrogen) atoms. The van der Waals surface area contributed by atoms with Gasteiger partial charge in [-0.15, -0.1) is 0 Å². The van der Waals surface area contributed by atoms with Gasteiger partial charge in [0.25, 0.3) is 0 Å². The van der Waals surface area contributed by atoms with Gasteiger partial charge >= 0.3 is 0 Å². The Balaban J connectivity index is 1.91. The van der Waals surface area contributed by atoms with Crippen LogP contribution in [0.4, 0.5) is 4.39 Å². The molecule has 3 nitrogen and oxygen atoms in total. The molecule has 1 saturated heterocycles. The highest BCUT2D eigenvalue weighted by Gasteiger charge is 2.16. The first-order valence-corrected chi connectivity index (χ1v) is 7.83. The molecule has 6 heteroatoms. The van der Waals surface area contributed by atoms with Crippen LogP contribution in [0, 0.1) is 14.2 Å². The first-order chi connectivity index (χ1) is 9.15. The van der Waals surface area contributed by atoms with E-state index in [1.807, 2.05) is 27.2 Å². The molecule has 2 aromatic rings. The van der Waals surface area contributed by atoms with Gasteiger partial charge in [-0.3, -0.25) is 0 Å². The van der Waals surface area contributed by atoms with E-state index in [2.05, 4.69) is 4.98 Å². The van der Waals surface area contributed by atoms with Crippen molar-refractivity contribution in [1.82, 2.24) is 9.55 Å². The van der Waals surface area contributed by atoms with Crippen molar-refractivity contribution in [2.24, 2.45) is 0 Å². The van der Waals surface area contributed by atoms with Crippen molar-refractivity contribution in [2.75, 3.05) is 6.61 Å². The average Bonchev–Trinajstić information content (AvgIpc) is 2.96. The number of fused-ring (bicyclic) bond motifs is 1. The normalized spacial score (nSPS) is 19.4. The van der Waals surface area contributed by atoms with Crippen LogP contribution in [0.5, 0.6) is 0 Å². The fourth-order valence-corrected chi connectivity index (χ4v) is 3.29. The van der Waals surface area contributed by atoms with Gasteiger partial charge in [-0.1, -0.05) is 0 Å². The van der Waals surface area contributed by atoms with Gasteiger partial charge in [0.2, 0.25) is 0 Å². The van der Waals surface area contributed by atoms with Gasteiger partial charge in [0.1, 0.15) is 5.82 Å². The molecule has 0 bridgehead atoms. The topological polar surface area (TPSA) is 29.9 Å². The van der Waals surface area contributed by atoms with Crippen molar-refractivity contribution in [3.8, 4) is 0 Å². The summed E-state index contributed by atoms with van der Waals surface area (Å²) < 4.78 is 22.5. The number of benzene rings is 1. The number of H-pyrrole nitrogens is 1. The molecule has 1 aromatic heterocycles. The van der Waals surface area contributed by atoms with Gasteiger partial charge in [-0.2, -0.15) is 0 Å². The Labute approximate surface area is 129 Å². The number of hydrogen-bond donors (Lipinski definition) is 1. The number of ether oxygens (including phenoxy) is 1. The Kier molecular flexibility index (Phi) is 3.91. The van der Waals surface area contributed by atoms with Crippen molar-refractivity contribution in [3.05, 3.63) is 26.3 Å². The van der Waals surface area contributed by atoms with Crippen molar-refractivity contribution in [1.29, 1.82) is 0 Å². The lowest BCUT2D eigenvalue weighted by Gasteiger charge is -2.10. The summed E-state index contributed by atoms with van der Waals surface area (Å²) in [4.78, 5) is 3.14. The zero-order valence-electron chi connectivity index (χ0n) is 10.3. The quantitative estimate of drug-likeness (QED) is 0.632. The zero-order valence-corrected chi connectivity index (χ0v) is 13.3. The Hall–Kier alpha value is -0.470. The second kappa shape index (κ2) is 5.49. The number of nitrogens with zero attached hydrogens (tertiary/aromatic N) is 1. The van der Waals surface area contributed by atoms with E-state index in [4.69, 9.17) is 17.0 Å². The zero-order chi connectivity index (χ0) is 13.4. The number of hydrogen-bond acceptors (Lipinski definition) is 2. The fourth-order valence-electron chi connectivity index (χ4n) is 2.52. The van der Waals surface area contributed by atoms with Crippen LogP contribution < -0.4 is 0 Å². The van der Waals surface area contributed by atoms with Crippen LogP contribution in [-0.2, 0) is 11.3 Å². The second-order valence-corrected chi connectivity index (χ2v) is 6.34. The summed E-state index contributed by atoms with van der Waals surface area (Å²) in [6.45, 7) is 1.63. The lowest BCUT2D eigenvalue weighted by Crippen LogP contribution is -2.10. The van der Waals surface area contributed by atoms with E-state index in [0.29, 0.717) is 14.4 Å². The van der Waals surface area contributed by atoms with Gasteiger partial charge in [0, 0.05) is 19.2 Å². The lowest BCUT2D eigenvalue weighted by atomic mass is 10.2. The third-order valence-electron chi connectivity index (χ3n) is 3.51. The maximum Gasteiger partial charge on any atom is 0.178 e. The molecule has 3 rings (SSSR count). The molecule has 102 valence electrons. The molecule has 1 atom stereocenters. The first-order valence-electron chi connectivity index (χ1n) is 6.34. The SMILES string of the molecule is Fc1cc2c(cc1I)[nH]c(=S)n2CCC1CCCO1. The van der Waals surface area contributed by atoms with E-state index in [9.17, 15) is 4.39 Å². The minimum Gasteiger partial charge on any atom is -0.378 e. The molecule has 2 heterocycles. The highest BCUT2D eigenvalue weighted by Crippen LogP contribution is 2.22. The minimum atomic E-state index is -0.201. The Morgan fingerprint density at radius 1 is 1.53 bits per heavy atom. The van der Waals surface area contributed by atoms with Gasteiger partial charge < -0.3 is 14.3 Å². The van der Waals surface area contributed by atoms with E-state index < -0.39 is 0 Å². The largest absolute Gasteiger partial charge is 0.378 e. The smallest absolute Gasteiger partial charge is 0.178 e. The van der Waals surface area contributed by atoms with Crippen LogP contribution in [0.2, 0.25) is 0 Å². The fraction of sp³-hybridized carbons (Fsp3) is 0.462. The average molecular weight is 392 g/mol. The lowest BCUT2D eigenvalue weighted by molar-refractivity contribution is 0.101. The summed E-state index contributed by atoms with van der Waals surface area (Å²) in [5.74, 6) is -0.201. The van der Waals surface area contributed by atoms with E-state index in [0.717, 1.165) is 43.4 Å². The van der Waals surface area contributed by atoms with E-state index in [1.54, 1.807) is 12.1 Å². The predicted molar refractivity (Wildman–Crippen MR) is 83.4 cm³/mol. The third-order valence-corrected chi connectivity index (χ3v) is 4.66. The second-order valence-electron chi connectivity index (χ2n) is 4.79. The molecule has 1 unspecified atom stereocenters. The standard InChI is InChI=1S/C13H14FIN2OS/c14-9-6-12-11(7-10(9)15)16-13(19)17(12)4-3-8-2-1-5-18-8/h6-8H,1-5H2,(H,16,19). The number of nitrogens with one attached hydrogen (secondary N) is 1. The number of aryl methyl sites for hydroxylation is 1. The highest BCUT2D eigenvalue weighted by molar-refractivity contribution is 14.1. The number of imidazole rings is 1. The Morgan fingerprint density at radius 2 is 2.37 bits per heavy atom. The molecule has 1 N–H and O–H groups in total. The Bertz CT molecular complexity index is 660. The molecule has 0 saturated carbocycles. The van der Waals surface area contributed by atoms with Crippen molar-refractivity contribution >= 4 is 45.8 Å². The maximum atomic E-state index is 13.7. The summed E-state index contributed by atoms with van der Waals surface area (Å²) >= 11 is 7.31. The molecule has 0 spiro atoms. The number of aromatic nitrogens is 2. The summed E-state index contributed by atoms with van der Waals surface area (Å²) in [6.07, 6.45) is 3.49. The van der Waals surface area contributed by atoms with Crippen molar-refractivity contribution in [2.45, 2.75) is 31.9 Å². The summed E-state index contributed by atoms with van der Waals surface area (Å²) in [7, 11) is 0. The molecule has 0 radical (unpaired) electrons. The Morgan fingerprint density at radius 3 is 3.11 bits per heavy atom.